The Hall–Kier alpha value is -2.50. The molecule has 0 bridgehead atoms. The van der Waals surface area contributed by atoms with Crippen LogP contribution in [0.15, 0.2) is 30.5 Å². The van der Waals surface area contributed by atoms with Gasteiger partial charge in [-0.3, -0.25) is 4.79 Å². The first kappa shape index (κ1) is 14.4. The Bertz CT molecular complexity index is 687. The second-order valence-corrected chi connectivity index (χ2v) is 5.73. The fourth-order valence-corrected chi connectivity index (χ4v) is 3.02. The number of nitrogens with one attached hydrogen (secondary N) is 3. The molecule has 1 aromatic carbocycles. The zero-order valence-corrected chi connectivity index (χ0v) is 12.1. The summed E-state index contributed by atoms with van der Waals surface area (Å²) >= 11 is 0. The average Bonchev–Trinajstić information content (AvgIpc) is 2.97. The molecular formula is C16H19N3O3. The summed E-state index contributed by atoms with van der Waals surface area (Å²) in [5.74, 6) is -1.00. The molecule has 0 aliphatic heterocycles. The van der Waals surface area contributed by atoms with E-state index in [1.807, 2.05) is 30.5 Å². The largest absolute Gasteiger partial charge is 0.481 e. The van der Waals surface area contributed by atoms with E-state index in [0.717, 1.165) is 16.6 Å². The average molecular weight is 301 g/mol. The molecule has 1 aromatic heterocycles. The number of hydrogen-bond acceptors (Lipinski definition) is 2. The first-order chi connectivity index (χ1) is 10.6. The molecule has 0 unspecified atom stereocenters. The molecule has 3 rings (SSSR count). The number of hydrogen-bond donors (Lipinski definition) is 4. The molecule has 1 fully saturated rings. The van der Waals surface area contributed by atoms with Crippen LogP contribution in [0.3, 0.4) is 0 Å². The van der Waals surface area contributed by atoms with Crippen molar-refractivity contribution in [2.24, 2.45) is 5.92 Å². The summed E-state index contributed by atoms with van der Waals surface area (Å²) < 4.78 is 0. The van der Waals surface area contributed by atoms with Gasteiger partial charge in [0.05, 0.1) is 11.6 Å². The Morgan fingerprint density at radius 3 is 2.64 bits per heavy atom. The molecule has 116 valence electrons. The molecule has 22 heavy (non-hydrogen) atoms. The van der Waals surface area contributed by atoms with Gasteiger partial charge in [0.15, 0.2) is 0 Å². The van der Waals surface area contributed by atoms with E-state index < -0.39 is 5.97 Å². The van der Waals surface area contributed by atoms with E-state index in [9.17, 15) is 9.59 Å². The predicted octanol–water partition coefficient (Wildman–Crippen LogP) is 2.93. The van der Waals surface area contributed by atoms with Gasteiger partial charge >= 0.3 is 12.0 Å². The standard InChI is InChI=1S/C16H19N3O3/c20-15(21)10-4-6-11(7-5-10)18-16(22)19-14-3-1-2-13-12(14)8-9-17-13/h1-3,8-11,17H,4-7H2,(H,20,21)(H2,18,19,22). The molecule has 1 aliphatic carbocycles. The Balaban J connectivity index is 1.57. The summed E-state index contributed by atoms with van der Waals surface area (Å²) in [5.41, 5.74) is 1.73. The van der Waals surface area contributed by atoms with Crippen LogP contribution in [0.25, 0.3) is 10.9 Å². The predicted molar refractivity (Wildman–Crippen MR) is 83.8 cm³/mol. The van der Waals surface area contributed by atoms with Crippen molar-refractivity contribution in [1.82, 2.24) is 10.3 Å². The number of carboxylic acids is 1. The Morgan fingerprint density at radius 2 is 1.91 bits per heavy atom. The zero-order valence-electron chi connectivity index (χ0n) is 12.1. The maximum atomic E-state index is 12.1. The van der Waals surface area contributed by atoms with Crippen LogP contribution >= 0.6 is 0 Å². The van der Waals surface area contributed by atoms with Crippen molar-refractivity contribution in [3.8, 4) is 0 Å². The molecule has 0 radical (unpaired) electrons. The number of fused-ring (bicyclic) bond motifs is 1. The second-order valence-electron chi connectivity index (χ2n) is 5.73. The summed E-state index contributed by atoms with van der Waals surface area (Å²) in [4.78, 5) is 26.1. The van der Waals surface area contributed by atoms with Crippen LogP contribution in [0.1, 0.15) is 25.7 Å². The zero-order chi connectivity index (χ0) is 15.5. The third-order valence-electron chi connectivity index (χ3n) is 4.25. The van der Waals surface area contributed by atoms with Crippen LogP contribution in [-0.4, -0.2) is 28.1 Å². The number of carboxylic acid groups (broad SMARTS) is 1. The van der Waals surface area contributed by atoms with Crippen LogP contribution in [-0.2, 0) is 4.79 Å². The summed E-state index contributed by atoms with van der Waals surface area (Å²) in [6.07, 6.45) is 4.49. The van der Waals surface area contributed by atoms with Gasteiger partial charge < -0.3 is 20.7 Å². The van der Waals surface area contributed by atoms with Crippen LogP contribution in [0.5, 0.6) is 0 Å². The molecule has 0 spiro atoms. The number of aromatic nitrogens is 1. The third-order valence-corrected chi connectivity index (χ3v) is 4.25. The van der Waals surface area contributed by atoms with Gasteiger partial charge in [0.1, 0.15) is 0 Å². The van der Waals surface area contributed by atoms with Gasteiger partial charge in [-0.05, 0) is 43.9 Å². The number of amides is 2. The maximum Gasteiger partial charge on any atom is 0.319 e. The molecule has 1 saturated carbocycles. The van der Waals surface area contributed by atoms with E-state index in [4.69, 9.17) is 5.11 Å². The number of H-pyrrole nitrogens is 1. The van der Waals surface area contributed by atoms with Gasteiger partial charge in [-0.2, -0.15) is 0 Å². The number of aliphatic carboxylic acids is 1. The lowest BCUT2D eigenvalue weighted by atomic mass is 9.86. The highest BCUT2D eigenvalue weighted by molar-refractivity contribution is 6.00. The first-order valence-electron chi connectivity index (χ1n) is 7.50. The van der Waals surface area contributed by atoms with Crippen molar-refractivity contribution in [3.05, 3.63) is 30.5 Å². The summed E-state index contributed by atoms with van der Waals surface area (Å²) in [6, 6.07) is 7.41. The highest BCUT2D eigenvalue weighted by Gasteiger charge is 2.26. The van der Waals surface area contributed by atoms with Gasteiger partial charge in [0.2, 0.25) is 0 Å². The van der Waals surface area contributed by atoms with E-state index in [2.05, 4.69) is 15.6 Å². The lowest BCUT2D eigenvalue weighted by Gasteiger charge is -2.26. The second kappa shape index (κ2) is 6.09. The topological polar surface area (TPSA) is 94.2 Å². The highest BCUT2D eigenvalue weighted by Crippen LogP contribution is 2.25. The van der Waals surface area contributed by atoms with E-state index in [1.165, 1.54) is 0 Å². The number of carbonyl (C=O) groups excluding carboxylic acids is 1. The molecule has 2 amide bonds. The molecule has 2 aromatic rings. The molecular weight excluding hydrogens is 282 g/mol. The Morgan fingerprint density at radius 1 is 1.14 bits per heavy atom. The van der Waals surface area contributed by atoms with Crippen molar-refractivity contribution in [3.63, 3.8) is 0 Å². The van der Waals surface area contributed by atoms with Crippen LogP contribution < -0.4 is 10.6 Å². The van der Waals surface area contributed by atoms with Crippen molar-refractivity contribution in [2.75, 3.05) is 5.32 Å². The monoisotopic (exact) mass is 301 g/mol. The van der Waals surface area contributed by atoms with E-state index >= 15 is 0 Å². The first-order valence-corrected chi connectivity index (χ1v) is 7.50. The number of rotatable bonds is 3. The molecule has 6 nitrogen and oxygen atoms in total. The smallest absolute Gasteiger partial charge is 0.319 e. The lowest BCUT2D eigenvalue weighted by Crippen LogP contribution is -2.41. The lowest BCUT2D eigenvalue weighted by molar-refractivity contribution is -0.142. The minimum atomic E-state index is -0.734. The number of carbonyl (C=O) groups is 2. The summed E-state index contributed by atoms with van der Waals surface area (Å²) in [7, 11) is 0. The van der Waals surface area contributed by atoms with E-state index in [1.54, 1.807) is 0 Å². The van der Waals surface area contributed by atoms with Crippen LogP contribution in [0, 0.1) is 5.92 Å². The van der Waals surface area contributed by atoms with Gasteiger partial charge in [-0.25, -0.2) is 4.79 Å². The van der Waals surface area contributed by atoms with Crippen LogP contribution in [0.2, 0.25) is 0 Å². The van der Waals surface area contributed by atoms with Gasteiger partial charge in [-0.1, -0.05) is 6.07 Å². The molecule has 1 heterocycles. The summed E-state index contributed by atoms with van der Waals surface area (Å²) in [5, 5.41) is 15.7. The molecule has 4 N–H and O–H groups in total. The normalized spacial score (nSPS) is 21.5. The SMILES string of the molecule is O=C(Nc1cccc2[nH]ccc12)NC1CCC(C(=O)O)CC1. The summed E-state index contributed by atoms with van der Waals surface area (Å²) in [6.45, 7) is 0. The number of urea groups is 1. The highest BCUT2D eigenvalue weighted by atomic mass is 16.4. The quantitative estimate of drug-likeness (QED) is 0.702. The number of aromatic amines is 1. The van der Waals surface area contributed by atoms with Crippen molar-refractivity contribution < 1.29 is 14.7 Å². The van der Waals surface area contributed by atoms with Gasteiger partial charge in [0, 0.05) is 23.1 Å². The van der Waals surface area contributed by atoms with Gasteiger partial charge in [0.25, 0.3) is 0 Å². The van der Waals surface area contributed by atoms with Gasteiger partial charge in [-0.15, -0.1) is 0 Å². The maximum absolute atomic E-state index is 12.1. The minimum Gasteiger partial charge on any atom is -0.481 e. The number of anilines is 1. The Kier molecular flexibility index (Phi) is 4.00. The van der Waals surface area contributed by atoms with Crippen molar-refractivity contribution in [2.45, 2.75) is 31.7 Å². The van der Waals surface area contributed by atoms with E-state index in [-0.39, 0.29) is 18.0 Å². The fourth-order valence-electron chi connectivity index (χ4n) is 3.02. The Labute approximate surface area is 127 Å². The third kappa shape index (κ3) is 3.05. The van der Waals surface area contributed by atoms with E-state index in [0.29, 0.717) is 25.7 Å². The molecule has 1 aliphatic rings. The molecule has 0 saturated heterocycles. The van der Waals surface area contributed by atoms with Crippen LogP contribution in [0.4, 0.5) is 10.5 Å². The molecule has 0 atom stereocenters. The molecule has 6 heteroatoms. The van der Waals surface area contributed by atoms with Crippen molar-refractivity contribution >= 4 is 28.6 Å². The fraction of sp³-hybridized carbons (Fsp3) is 0.375. The van der Waals surface area contributed by atoms with Crippen molar-refractivity contribution in [1.29, 1.82) is 0 Å². The number of benzene rings is 1. The minimum absolute atomic E-state index is 0.0426.